The molecule has 1 atom stereocenters. The van der Waals surface area contributed by atoms with E-state index in [0.717, 1.165) is 11.1 Å². The molecule has 0 amide bonds. The molecule has 1 heterocycles. The van der Waals surface area contributed by atoms with Crippen molar-refractivity contribution in [3.05, 3.63) is 70.8 Å². The van der Waals surface area contributed by atoms with Crippen molar-refractivity contribution in [1.29, 1.82) is 5.26 Å². The van der Waals surface area contributed by atoms with Crippen LogP contribution in [0, 0.1) is 11.3 Å². The molecule has 0 radical (unpaired) electrons. The Morgan fingerprint density at radius 2 is 2.04 bits per heavy atom. The molecule has 23 heavy (non-hydrogen) atoms. The van der Waals surface area contributed by atoms with Gasteiger partial charge in [0.05, 0.1) is 11.1 Å². The van der Waals surface area contributed by atoms with E-state index in [-0.39, 0.29) is 12.7 Å². The summed E-state index contributed by atoms with van der Waals surface area (Å²) >= 11 is 0. The fourth-order valence-electron chi connectivity index (χ4n) is 2.56. The minimum absolute atomic E-state index is 0.301. The number of ether oxygens (including phenoxy) is 2. The minimum atomic E-state index is -0.579. The van der Waals surface area contributed by atoms with Crippen molar-refractivity contribution in [3.63, 3.8) is 0 Å². The van der Waals surface area contributed by atoms with Gasteiger partial charge in [-0.25, -0.2) is 9.59 Å². The molecular weight excluding hydrogens is 294 g/mol. The lowest BCUT2D eigenvalue weighted by Gasteiger charge is -2.25. The van der Waals surface area contributed by atoms with E-state index >= 15 is 0 Å². The molecule has 114 valence electrons. The first kappa shape index (κ1) is 14.8. The van der Waals surface area contributed by atoms with Crippen LogP contribution in [0.4, 0.5) is 0 Å². The van der Waals surface area contributed by atoms with Gasteiger partial charge in [0, 0.05) is 6.42 Å². The summed E-state index contributed by atoms with van der Waals surface area (Å²) in [6.45, 7) is -0.301. The molecule has 2 aromatic carbocycles. The van der Waals surface area contributed by atoms with Crippen LogP contribution in [-0.2, 0) is 15.9 Å². The summed E-state index contributed by atoms with van der Waals surface area (Å²) in [5.41, 5.74) is 2.42. The lowest BCUT2D eigenvalue weighted by atomic mass is 9.93. The smallest absolute Gasteiger partial charge is 0.339 e. The molecule has 0 bridgehead atoms. The fourth-order valence-corrected chi connectivity index (χ4v) is 2.56. The SMILES string of the molecule is N#CCOC(=O)c1ccc2c(c1)CC(c1ccccc1)OC2=O. The quantitative estimate of drug-likeness (QED) is 0.815. The van der Waals surface area contributed by atoms with Gasteiger partial charge in [-0.05, 0) is 29.3 Å². The zero-order valence-corrected chi connectivity index (χ0v) is 12.2. The Hall–Kier alpha value is -3.13. The van der Waals surface area contributed by atoms with Gasteiger partial charge in [-0.1, -0.05) is 30.3 Å². The van der Waals surface area contributed by atoms with E-state index in [1.54, 1.807) is 18.2 Å². The fraction of sp³-hybridized carbons (Fsp3) is 0.167. The van der Waals surface area contributed by atoms with Gasteiger partial charge in [-0.3, -0.25) is 0 Å². The average molecular weight is 307 g/mol. The van der Waals surface area contributed by atoms with Gasteiger partial charge in [-0.15, -0.1) is 0 Å². The van der Waals surface area contributed by atoms with Gasteiger partial charge < -0.3 is 9.47 Å². The van der Waals surface area contributed by atoms with E-state index in [9.17, 15) is 9.59 Å². The van der Waals surface area contributed by atoms with Crippen molar-refractivity contribution in [2.45, 2.75) is 12.5 Å². The molecule has 5 nitrogen and oxygen atoms in total. The molecule has 0 N–H and O–H groups in total. The minimum Gasteiger partial charge on any atom is -0.454 e. The molecule has 1 aliphatic rings. The number of nitriles is 1. The van der Waals surface area contributed by atoms with Gasteiger partial charge >= 0.3 is 11.9 Å². The standard InChI is InChI=1S/C18H13NO4/c19-8-9-22-17(20)13-6-7-15-14(10-13)11-16(23-18(15)21)12-4-2-1-3-5-12/h1-7,10,16H,9,11H2. The number of esters is 2. The van der Waals surface area contributed by atoms with Gasteiger partial charge in [0.15, 0.2) is 6.61 Å². The number of nitrogens with zero attached hydrogens (tertiary/aromatic N) is 1. The second-order valence-corrected chi connectivity index (χ2v) is 5.11. The Morgan fingerprint density at radius 3 is 2.78 bits per heavy atom. The highest BCUT2D eigenvalue weighted by molar-refractivity contribution is 5.95. The van der Waals surface area contributed by atoms with Crippen LogP contribution in [0.25, 0.3) is 0 Å². The maximum absolute atomic E-state index is 12.1. The molecule has 3 rings (SSSR count). The zero-order valence-electron chi connectivity index (χ0n) is 12.2. The van der Waals surface area contributed by atoms with Crippen LogP contribution >= 0.6 is 0 Å². The van der Waals surface area contributed by atoms with Gasteiger partial charge in [0.25, 0.3) is 0 Å². The number of hydrogen-bond donors (Lipinski definition) is 0. The van der Waals surface area contributed by atoms with Crippen molar-refractivity contribution in [3.8, 4) is 6.07 Å². The highest BCUT2D eigenvalue weighted by Gasteiger charge is 2.28. The van der Waals surface area contributed by atoms with E-state index in [1.165, 1.54) is 6.07 Å². The van der Waals surface area contributed by atoms with Crippen molar-refractivity contribution in [2.75, 3.05) is 6.61 Å². The predicted octanol–water partition coefficient (Wildman–Crippen LogP) is 2.82. The first-order chi connectivity index (χ1) is 11.2. The number of carbonyl (C=O) groups is 2. The van der Waals surface area contributed by atoms with Crippen molar-refractivity contribution in [1.82, 2.24) is 0 Å². The Kier molecular flexibility index (Phi) is 4.07. The summed E-state index contributed by atoms with van der Waals surface area (Å²) in [7, 11) is 0. The van der Waals surface area contributed by atoms with E-state index in [4.69, 9.17) is 14.7 Å². The van der Waals surface area contributed by atoms with Gasteiger partial charge in [0.1, 0.15) is 12.2 Å². The first-order valence-corrected chi connectivity index (χ1v) is 7.12. The van der Waals surface area contributed by atoms with E-state index < -0.39 is 11.9 Å². The molecule has 0 aliphatic carbocycles. The number of cyclic esters (lactones) is 1. The number of hydrogen-bond acceptors (Lipinski definition) is 5. The summed E-state index contributed by atoms with van der Waals surface area (Å²) < 4.78 is 10.3. The van der Waals surface area contributed by atoms with Crippen LogP contribution in [0.1, 0.15) is 37.9 Å². The van der Waals surface area contributed by atoms with Crippen LogP contribution < -0.4 is 0 Å². The van der Waals surface area contributed by atoms with Crippen LogP contribution in [-0.4, -0.2) is 18.5 Å². The zero-order chi connectivity index (χ0) is 16.2. The number of rotatable bonds is 3. The highest BCUT2D eigenvalue weighted by Crippen LogP contribution is 2.31. The van der Waals surface area contributed by atoms with Crippen LogP contribution in [0.5, 0.6) is 0 Å². The Morgan fingerprint density at radius 1 is 1.26 bits per heavy atom. The van der Waals surface area contributed by atoms with E-state index in [2.05, 4.69) is 0 Å². The first-order valence-electron chi connectivity index (χ1n) is 7.12. The van der Waals surface area contributed by atoms with Gasteiger partial charge in [0.2, 0.25) is 0 Å². The third kappa shape index (κ3) is 3.06. The molecule has 2 aromatic rings. The van der Waals surface area contributed by atoms with E-state index in [0.29, 0.717) is 17.5 Å². The maximum atomic E-state index is 12.1. The average Bonchev–Trinajstić information content (AvgIpc) is 2.59. The summed E-state index contributed by atoms with van der Waals surface area (Å²) in [6.07, 6.45) is 0.117. The molecular formula is C18H13NO4. The molecule has 0 saturated carbocycles. The molecule has 0 spiro atoms. The molecule has 0 saturated heterocycles. The Bertz CT molecular complexity index is 792. The summed E-state index contributed by atoms with van der Waals surface area (Å²) in [5.74, 6) is -0.985. The molecule has 5 heteroatoms. The number of benzene rings is 2. The van der Waals surface area contributed by atoms with Crippen LogP contribution in [0.2, 0.25) is 0 Å². The van der Waals surface area contributed by atoms with Gasteiger partial charge in [-0.2, -0.15) is 5.26 Å². The normalized spacial score (nSPS) is 16.0. The highest BCUT2D eigenvalue weighted by atomic mass is 16.5. The summed E-state index contributed by atoms with van der Waals surface area (Å²) in [4.78, 5) is 24.0. The maximum Gasteiger partial charge on any atom is 0.339 e. The topological polar surface area (TPSA) is 76.4 Å². The summed E-state index contributed by atoms with van der Waals surface area (Å²) in [5, 5.41) is 8.46. The molecule has 1 aliphatic heterocycles. The Labute approximate surface area is 133 Å². The molecule has 1 unspecified atom stereocenters. The monoisotopic (exact) mass is 307 g/mol. The van der Waals surface area contributed by atoms with Crippen molar-refractivity contribution in [2.24, 2.45) is 0 Å². The molecule has 0 fully saturated rings. The van der Waals surface area contributed by atoms with Crippen LogP contribution in [0.15, 0.2) is 48.5 Å². The van der Waals surface area contributed by atoms with Crippen molar-refractivity contribution >= 4 is 11.9 Å². The van der Waals surface area contributed by atoms with E-state index in [1.807, 2.05) is 30.3 Å². The summed E-state index contributed by atoms with van der Waals surface area (Å²) in [6, 6.07) is 15.9. The lowest BCUT2D eigenvalue weighted by molar-refractivity contribution is 0.0251. The number of carbonyl (C=O) groups excluding carboxylic acids is 2. The molecule has 0 aromatic heterocycles. The van der Waals surface area contributed by atoms with Crippen molar-refractivity contribution < 1.29 is 19.1 Å². The second-order valence-electron chi connectivity index (χ2n) is 5.11. The predicted molar refractivity (Wildman–Crippen MR) is 80.6 cm³/mol. The number of fused-ring (bicyclic) bond motifs is 1. The largest absolute Gasteiger partial charge is 0.454 e. The lowest BCUT2D eigenvalue weighted by Crippen LogP contribution is -2.22. The third-order valence-corrected chi connectivity index (χ3v) is 3.65. The second kappa shape index (κ2) is 6.32. The third-order valence-electron chi connectivity index (χ3n) is 3.65. The van der Waals surface area contributed by atoms with Crippen LogP contribution in [0.3, 0.4) is 0 Å². The Balaban J connectivity index is 1.88.